The van der Waals surface area contributed by atoms with Gasteiger partial charge in [-0.15, -0.1) is 0 Å². The Balaban J connectivity index is 1.58. The Labute approximate surface area is 180 Å². The van der Waals surface area contributed by atoms with Crippen LogP contribution < -0.4 is 11.1 Å². The van der Waals surface area contributed by atoms with Crippen molar-refractivity contribution in [3.8, 4) is 0 Å². The Morgan fingerprint density at radius 1 is 1.29 bits per heavy atom. The van der Waals surface area contributed by atoms with Gasteiger partial charge in [0.05, 0.1) is 29.5 Å². The van der Waals surface area contributed by atoms with Crippen molar-refractivity contribution in [2.24, 2.45) is 0 Å². The Morgan fingerprint density at radius 2 is 2.10 bits per heavy atom. The minimum atomic E-state index is -0.531. The van der Waals surface area contributed by atoms with Gasteiger partial charge in [0.15, 0.2) is 5.65 Å². The molecule has 1 aliphatic rings. The summed E-state index contributed by atoms with van der Waals surface area (Å²) in [6.45, 7) is 9.55. The van der Waals surface area contributed by atoms with Crippen LogP contribution in [0.15, 0.2) is 18.6 Å². The Hall–Kier alpha value is -3.37. The summed E-state index contributed by atoms with van der Waals surface area (Å²) in [5, 5.41) is 12.6. The van der Waals surface area contributed by atoms with Crippen molar-refractivity contribution in [2.45, 2.75) is 58.7 Å². The normalized spacial score (nSPS) is 17.2. The third-order valence-corrected chi connectivity index (χ3v) is 5.09. The third kappa shape index (κ3) is 4.54. The first-order valence-electron chi connectivity index (χ1n) is 10.5. The molecule has 0 unspecified atom stereocenters. The van der Waals surface area contributed by atoms with Gasteiger partial charge in [0, 0.05) is 25.8 Å². The van der Waals surface area contributed by atoms with Crippen molar-refractivity contribution >= 4 is 34.6 Å². The summed E-state index contributed by atoms with van der Waals surface area (Å²) in [6.07, 6.45) is 6.69. The zero-order valence-electron chi connectivity index (χ0n) is 18.4. The minimum absolute atomic E-state index is 0.0243. The molecule has 3 aromatic rings. The highest BCUT2D eigenvalue weighted by Crippen LogP contribution is 2.28. The van der Waals surface area contributed by atoms with Crippen LogP contribution in [0.2, 0.25) is 0 Å². The number of aromatic nitrogens is 6. The van der Waals surface area contributed by atoms with Crippen LogP contribution in [0.4, 0.5) is 22.2 Å². The fourth-order valence-corrected chi connectivity index (χ4v) is 3.65. The van der Waals surface area contributed by atoms with Gasteiger partial charge in [-0.25, -0.2) is 9.48 Å². The summed E-state index contributed by atoms with van der Waals surface area (Å²) in [7, 11) is 0. The van der Waals surface area contributed by atoms with Crippen LogP contribution >= 0.6 is 0 Å². The first-order chi connectivity index (χ1) is 14.7. The molecule has 3 N–H and O–H groups in total. The van der Waals surface area contributed by atoms with E-state index in [4.69, 9.17) is 10.5 Å². The number of rotatable bonds is 4. The van der Waals surface area contributed by atoms with Gasteiger partial charge < -0.3 is 20.7 Å². The average molecular weight is 428 g/mol. The second-order valence-electron chi connectivity index (χ2n) is 8.69. The number of carbonyl (C=O) groups excluding carboxylic acids is 1. The number of nitrogens with one attached hydrogen (secondary N) is 1. The summed E-state index contributed by atoms with van der Waals surface area (Å²) in [6, 6.07) is -0.0243. The Kier molecular flexibility index (Phi) is 5.42. The molecule has 0 spiro atoms. The van der Waals surface area contributed by atoms with Crippen molar-refractivity contribution in [3.63, 3.8) is 0 Å². The van der Waals surface area contributed by atoms with E-state index < -0.39 is 5.60 Å². The van der Waals surface area contributed by atoms with Crippen molar-refractivity contribution in [3.05, 3.63) is 18.6 Å². The molecule has 3 aromatic heterocycles. The molecule has 1 fully saturated rings. The van der Waals surface area contributed by atoms with E-state index in [1.54, 1.807) is 17.3 Å². The highest BCUT2D eigenvalue weighted by atomic mass is 16.6. The topological polar surface area (TPSA) is 129 Å². The second kappa shape index (κ2) is 8.05. The molecule has 166 valence electrons. The Bertz CT molecular complexity index is 1080. The minimum Gasteiger partial charge on any atom is -0.444 e. The van der Waals surface area contributed by atoms with Gasteiger partial charge in [0.25, 0.3) is 0 Å². The molecule has 1 atom stereocenters. The van der Waals surface area contributed by atoms with E-state index in [2.05, 4.69) is 25.5 Å². The van der Waals surface area contributed by atoms with E-state index in [0.29, 0.717) is 35.9 Å². The molecule has 0 bridgehead atoms. The first kappa shape index (κ1) is 20.9. The van der Waals surface area contributed by atoms with Gasteiger partial charge in [0.1, 0.15) is 11.4 Å². The van der Waals surface area contributed by atoms with E-state index in [9.17, 15) is 4.79 Å². The molecular formula is C20H29N9O2. The van der Waals surface area contributed by atoms with Crippen LogP contribution in [0.1, 0.15) is 46.6 Å². The van der Waals surface area contributed by atoms with Gasteiger partial charge >= 0.3 is 6.09 Å². The molecule has 31 heavy (non-hydrogen) atoms. The van der Waals surface area contributed by atoms with E-state index in [-0.39, 0.29) is 12.1 Å². The summed E-state index contributed by atoms with van der Waals surface area (Å²) < 4.78 is 9.19. The standard InChI is InChI=1S/C20H29N9O2/c1-5-28-11-13(9-22-28)24-18-25-16(21)15-10-23-29(17(15)26-18)14-7-6-8-27(12-14)19(30)31-20(2,3)4/h9-11,14H,5-8,12H2,1-4H3,(H3,21,24,25,26)/t14-/m1/s1. The fraction of sp³-hybridized carbons (Fsp3) is 0.550. The molecule has 1 saturated heterocycles. The number of piperidine rings is 1. The van der Waals surface area contributed by atoms with Crippen LogP contribution in [-0.2, 0) is 11.3 Å². The number of nitrogen functional groups attached to an aromatic ring is 1. The molecule has 0 aromatic carbocycles. The third-order valence-electron chi connectivity index (χ3n) is 5.09. The molecular weight excluding hydrogens is 398 g/mol. The number of aryl methyl sites for hydroxylation is 1. The lowest BCUT2D eigenvalue weighted by atomic mass is 10.1. The first-order valence-corrected chi connectivity index (χ1v) is 10.5. The maximum atomic E-state index is 12.5. The maximum absolute atomic E-state index is 12.5. The fourth-order valence-electron chi connectivity index (χ4n) is 3.65. The smallest absolute Gasteiger partial charge is 0.410 e. The predicted molar refractivity (Wildman–Crippen MR) is 117 cm³/mol. The zero-order valence-corrected chi connectivity index (χ0v) is 18.4. The maximum Gasteiger partial charge on any atom is 0.410 e. The monoisotopic (exact) mass is 427 g/mol. The average Bonchev–Trinajstić information content (AvgIpc) is 3.34. The van der Waals surface area contributed by atoms with Crippen LogP contribution in [0, 0.1) is 0 Å². The molecule has 4 rings (SSSR count). The number of hydrogen-bond acceptors (Lipinski definition) is 8. The van der Waals surface area contributed by atoms with E-state index in [1.807, 2.05) is 43.3 Å². The molecule has 11 heteroatoms. The lowest BCUT2D eigenvalue weighted by Crippen LogP contribution is -2.43. The number of amides is 1. The lowest BCUT2D eigenvalue weighted by Gasteiger charge is -2.34. The molecule has 0 saturated carbocycles. The molecule has 4 heterocycles. The number of likely N-dealkylation sites (tertiary alicyclic amines) is 1. The van der Waals surface area contributed by atoms with Crippen LogP contribution in [0.3, 0.4) is 0 Å². The number of anilines is 3. The highest BCUT2D eigenvalue weighted by Gasteiger charge is 2.30. The SMILES string of the molecule is CCn1cc(Nc2nc(N)c3cnn([C@@H]4CCCN(C(=O)OC(C)(C)C)C4)c3n2)cn1. The predicted octanol–water partition coefficient (Wildman–Crippen LogP) is 2.94. The quantitative estimate of drug-likeness (QED) is 0.650. The van der Waals surface area contributed by atoms with Gasteiger partial charge in [-0.05, 0) is 40.5 Å². The number of ether oxygens (including phenoxy) is 1. The zero-order chi connectivity index (χ0) is 22.2. The summed E-state index contributed by atoms with van der Waals surface area (Å²) in [5.74, 6) is 0.726. The van der Waals surface area contributed by atoms with Crippen LogP contribution in [0.25, 0.3) is 11.0 Å². The second-order valence-corrected chi connectivity index (χ2v) is 8.69. The molecule has 1 amide bonds. The summed E-state index contributed by atoms with van der Waals surface area (Å²) in [5.41, 5.74) is 7.06. The van der Waals surface area contributed by atoms with Gasteiger partial charge in [0.2, 0.25) is 5.95 Å². The van der Waals surface area contributed by atoms with Crippen LogP contribution in [-0.4, -0.2) is 59.2 Å². The van der Waals surface area contributed by atoms with Crippen molar-refractivity contribution in [2.75, 3.05) is 24.1 Å². The molecule has 0 radical (unpaired) electrons. The number of fused-ring (bicyclic) bond motifs is 1. The Morgan fingerprint density at radius 3 is 2.81 bits per heavy atom. The van der Waals surface area contributed by atoms with Crippen LogP contribution in [0.5, 0.6) is 0 Å². The highest BCUT2D eigenvalue weighted by molar-refractivity contribution is 5.86. The molecule has 1 aliphatic heterocycles. The largest absolute Gasteiger partial charge is 0.444 e. The summed E-state index contributed by atoms with van der Waals surface area (Å²) in [4.78, 5) is 23.3. The molecule has 11 nitrogen and oxygen atoms in total. The van der Waals surface area contributed by atoms with Gasteiger partial charge in [-0.2, -0.15) is 20.2 Å². The van der Waals surface area contributed by atoms with Crippen molar-refractivity contribution in [1.29, 1.82) is 0 Å². The van der Waals surface area contributed by atoms with Crippen molar-refractivity contribution < 1.29 is 9.53 Å². The summed E-state index contributed by atoms with van der Waals surface area (Å²) >= 11 is 0. The number of hydrogen-bond donors (Lipinski definition) is 2. The number of nitrogens with zero attached hydrogens (tertiary/aromatic N) is 7. The van der Waals surface area contributed by atoms with Crippen molar-refractivity contribution in [1.82, 2.24) is 34.4 Å². The number of carbonyl (C=O) groups is 1. The van der Waals surface area contributed by atoms with E-state index >= 15 is 0 Å². The molecule has 0 aliphatic carbocycles. The van der Waals surface area contributed by atoms with Gasteiger partial charge in [-0.3, -0.25) is 4.68 Å². The van der Waals surface area contributed by atoms with Gasteiger partial charge in [-0.1, -0.05) is 0 Å². The number of nitrogens with two attached hydrogens (primary N) is 1. The lowest BCUT2D eigenvalue weighted by molar-refractivity contribution is 0.0169. The van der Waals surface area contributed by atoms with E-state index in [1.165, 1.54) is 0 Å². The van der Waals surface area contributed by atoms with E-state index in [0.717, 1.165) is 25.1 Å².